The Morgan fingerprint density at radius 1 is 1.53 bits per heavy atom. The van der Waals surface area contributed by atoms with Gasteiger partial charge in [0.25, 0.3) is 0 Å². The molecule has 2 rings (SSSR count). The molecule has 0 spiro atoms. The predicted octanol–water partition coefficient (Wildman–Crippen LogP) is 3.24. The van der Waals surface area contributed by atoms with Gasteiger partial charge in [0.05, 0.1) is 0 Å². The van der Waals surface area contributed by atoms with Gasteiger partial charge >= 0.3 is 0 Å². The molecule has 15 heavy (non-hydrogen) atoms. The van der Waals surface area contributed by atoms with E-state index in [1.54, 1.807) is 18.3 Å². The smallest absolute Gasteiger partial charge is 0.146 e. The summed E-state index contributed by atoms with van der Waals surface area (Å²) < 4.78 is 14.7. The van der Waals surface area contributed by atoms with Crippen molar-refractivity contribution in [1.82, 2.24) is 5.32 Å². The van der Waals surface area contributed by atoms with Crippen LogP contribution in [-0.2, 0) is 5.67 Å². The lowest BCUT2D eigenvalue weighted by molar-refractivity contribution is 0.0850. The number of aryl methyl sites for hydroxylation is 1. The van der Waals surface area contributed by atoms with Crippen molar-refractivity contribution in [2.75, 3.05) is 13.1 Å². The summed E-state index contributed by atoms with van der Waals surface area (Å²) in [4.78, 5) is 2.08. The first-order valence-corrected chi connectivity index (χ1v) is 6.39. The van der Waals surface area contributed by atoms with E-state index in [1.807, 2.05) is 19.1 Å². The lowest BCUT2D eigenvalue weighted by atomic mass is 9.84. The Morgan fingerprint density at radius 2 is 2.33 bits per heavy atom. The first kappa shape index (κ1) is 11.1. The molecule has 2 heterocycles. The van der Waals surface area contributed by atoms with E-state index in [9.17, 15) is 4.39 Å². The second-order valence-corrected chi connectivity index (χ2v) is 5.82. The van der Waals surface area contributed by atoms with Crippen molar-refractivity contribution in [2.24, 2.45) is 5.92 Å². The van der Waals surface area contributed by atoms with E-state index in [4.69, 9.17) is 0 Å². The molecule has 3 heteroatoms. The van der Waals surface area contributed by atoms with Crippen LogP contribution in [0.4, 0.5) is 4.39 Å². The van der Waals surface area contributed by atoms with Crippen LogP contribution in [0.5, 0.6) is 0 Å². The number of nitrogens with one attached hydrogen (secondary N) is 1. The Hall–Kier alpha value is -0.410. The molecule has 84 valence electrons. The summed E-state index contributed by atoms with van der Waals surface area (Å²) in [5.74, 6) is 0.129. The number of thiophene rings is 1. The third kappa shape index (κ3) is 2.23. The van der Waals surface area contributed by atoms with Crippen molar-refractivity contribution in [1.29, 1.82) is 0 Å². The van der Waals surface area contributed by atoms with Gasteiger partial charge in [0.15, 0.2) is 0 Å². The summed E-state index contributed by atoms with van der Waals surface area (Å²) in [5.41, 5.74) is -1.16. The summed E-state index contributed by atoms with van der Waals surface area (Å²) >= 11 is 1.59. The van der Waals surface area contributed by atoms with Crippen LogP contribution in [0.1, 0.15) is 29.5 Å². The highest BCUT2D eigenvalue weighted by molar-refractivity contribution is 7.12. The van der Waals surface area contributed by atoms with Gasteiger partial charge in [-0.25, -0.2) is 4.39 Å². The van der Waals surface area contributed by atoms with Gasteiger partial charge in [-0.05, 0) is 45.4 Å². The minimum atomic E-state index is -1.16. The molecule has 1 aliphatic rings. The largest absolute Gasteiger partial charge is 0.316 e. The maximum absolute atomic E-state index is 14.7. The molecule has 1 nitrogen and oxygen atoms in total. The van der Waals surface area contributed by atoms with Crippen molar-refractivity contribution in [3.05, 3.63) is 21.9 Å². The van der Waals surface area contributed by atoms with Gasteiger partial charge in [0.2, 0.25) is 0 Å². The van der Waals surface area contributed by atoms with E-state index in [-0.39, 0.29) is 5.92 Å². The molecule has 1 aromatic heterocycles. The van der Waals surface area contributed by atoms with E-state index in [1.165, 1.54) is 4.88 Å². The molecule has 2 atom stereocenters. The molecule has 0 saturated carbocycles. The highest BCUT2D eigenvalue weighted by Gasteiger charge is 2.37. The van der Waals surface area contributed by atoms with E-state index >= 15 is 0 Å². The Balaban J connectivity index is 2.17. The van der Waals surface area contributed by atoms with Gasteiger partial charge < -0.3 is 5.32 Å². The average Bonchev–Trinajstić information content (AvgIpc) is 2.67. The van der Waals surface area contributed by atoms with Crippen molar-refractivity contribution in [3.63, 3.8) is 0 Å². The fraction of sp³-hybridized carbons (Fsp3) is 0.667. The van der Waals surface area contributed by atoms with Crippen LogP contribution in [0.2, 0.25) is 0 Å². The number of alkyl halides is 1. The van der Waals surface area contributed by atoms with Gasteiger partial charge in [-0.3, -0.25) is 0 Å². The minimum Gasteiger partial charge on any atom is -0.316 e. The molecule has 1 aromatic rings. The highest BCUT2D eigenvalue weighted by atomic mass is 32.1. The second-order valence-electron chi connectivity index (χ2n) is 4.53. The quantitative estimate of drug-likeness (QED) is 0.818. The number of piperidine rings is 1. The molecule has 0 amide bonds. The third-order valence-electron chi connectivity index (χ3n) is 3.29. The van der Waals surface area contributed by atoms with Gasteiger partial charge in [-0.15, -0.1) is 11.3 Å². The fourth-order valence-corrected chi connectivity index (χ4v) is 3.20. The summed E-state index contributed by atoms with van der Waals surface area (Å²) in [7, 11) is 0. The summed E-state index contributed by atoms with van der Waals surface area (Å²) in [6, 6.07) is 3.95. The molecule has 0 bridgehead atoms. The van der Waals surface area contributed by atoms with Crippen molar-refractivity contribution >= 4 is 11.3 Å². The number of hydrogen-bond donors (Lipinski definition) is 1. The molecule has 1 aliphatic heterocycles. The molecule has 1 N–H and O–H groups in total. The molecule has 0 aromatic carbocycles. The van der Waals surface area contributed by atoms with Crippen molar-refractivity contribution < 1.29 is 4.39 Å². The SMILES string of the molecule is Cc1ccc(C(C)(F)C2CCCNC2)s1. The highest BCUT2D eigenvalue weighted by Crippen LogP contribution is 2.40. The minimum absolute atomic E-state index is 0.129. The van der Waals surface area contributed by atoms with Crippen LogP contribution in [0, 0.1) is 12.8 Å². The van der Waals surface area contributed by atoms with Crippen LogP contribution < -0.4 is 5.32 Å². The van der Waals surface area contributed by atoms with E-state index in [0.717, 1.165) is 30.8 Å². The molecular weight excluding hydrogens is 209 g/mol. The van der Waals surface area contributed by atoms with Gasteiger partial charge in [0, 0.05) is 22.2 Å². The van der Waals surface area contributed by atoms with Crippen LogP contribution in [0.3, 0.4) is 0 Å². The first-order valence-electron chi connectivity index (χ1n) is 5.57. The zero-order valence-corrected chi connectivity index (χ0v) is 10.2. The maximum atomic E-state index is 14.7. The lowest BCUT2D eigenvalue weighted by Crippen LogP contribution is -2.39. The number of rotatable bonds is 2. The zero-order valence-electron chi connectivity index (χ0n) is 9.35. The average molecular weight is 227 g/mol. The summed E-state index contributed by atoms with van der Waals surface area (Å²) in [6.45, 7) is 5.61. The summed E-state index contributed by atoms with van der Waals surface area (Å²) in [6.07, 6.45) is 2.09. The van der Waals surface area contributed by atoms with Crippen LogP contribution in [0.25, 0.3) is 0 Å². The predicted molar refractivity (Wildman–Crippen MR) is 63.1 cm³/mol. The Bertz CT molecular complexity index is 326. The van der Waals surface area contributed by atoms with E-state index < -0.39 is 5.67 Å². The molecule has 2 unspecified atom stereocenters. The molecule has 1 fully saturated rings. The van der Waals surface area contributed by atoms with Crippen molar-refractivity contribution in [2.45, 2.75) is 32.4 Å². The number of halogens is 1. The van der Waals surface area contributed by atoms with Gasteiger partial charge in [-0.1, -0.05) is 0 Å². The van der Waals surface area contributed by atoms with Gasteiger partial charge in [0.1, 0.15) is 5.67 Å². The molecule has 0 aliphatic carbocycles. The van der Waals surface area contributed by atoms with Gasteiger partial charge in [-0.2, -0.15) is 0 Å². The Morgan fingerprint density at radius 3 is 2.87 bits per heavy atom. The number of hydrogen-bond acceptors (Lipinski definition) is 2. The maximum Gasteiger partial charge on any atom is 0.146 e. The van der Waals surface area contributed by atoms with Crippen LogP contribution in [-0.4, -0.2) is 13.1 Å². The molecule has 0 radical (unpaired) electrons. The topological polar surface area (TPSA) is 12.0 Å². The molecule has 1 saturated heterocycles. The first-order chi connectivity index (χ1) is 7.10. The normalized spacial score (nSPS) is 26.2. The van der Waals surface area contributed by atoms with Crippen LogP contribution in [0.15, 0.2) is 12.1 Å². The fourth-order valence-electron chi connectivity index (χ4n) is 2.21. The standard InChI is InChI=1S/C12H18FNS/c1-9-5-6-11(15-9)12(2,13)10-4-3-7-14-8-10/h5-6,10,14H,3-4,7-8H2,1-2H3. The van der Waals surface area contributed by atoms with E-state index in [0.29, 0.717) is 0 Å². The molecular formula is C12H18FNS. The second kappa shape index (κ2) is 4.22. The zero-order chi connectivity index (χ0) is 10.9. The lowest BCUT2D eigenvalue weighted by Gasteiger charge is -2.33. The van der Waals surface area contributed by atoms with Crippen molar-refractivity contribution in [3.8, 4) is 0 Å². The van der Waals surface area contributed by atoms with E-state index in [2.05, 4.69) is 5.32 Å². The Labute approximate surface area is 94.7 Å². The summed E-state index contributed by atoms with van der Waals surface area (Å²) in [5, 5.41) is 3.28. The Kier molecular flexibility index (Phi) is 3.12. The monoisotopic (exact) mass is 227 g/mol. The van der Waals surface area contributed by atoms with Crippen LogP contribution >= 0.6 is 11.3 Å². The third-order valence-corrected chi connectivity index (χ3v) is 4.50.